The molecule has 98 valence electrons. The van der Waals surface area contributed by atoms with Crippen molar-refractivity contribution in [2.75, 3.05) is 6.54 Å². The molecule has 6 heteroatoms. The molecule has 0 fully saturated rings. The third-order valence-electron chi connectivity index (χ3n) is 2.62. The predicted molar refractivity (Wildman–Crippen MR) is 69.9 cm³/mol. The van der Waals surface area contributed by atoms with E-state index in [1.807, 2.05) is 30.8 Å². The summed E-state index contributed by atoms with van der Waals surface area (Å²) in [6, 6.07) is 1.78. The van der Waals surface area contributed by atoms with Crippen molar-refractivity contribution in [3.8, 4) is 0 Å². The van der Waals surface area contributed by atoms with Crippen LogP contribution in [0, 0.1) is 5.92 Å². The minimum Gasteiger partial charge on any atom is -0.356 e. The van der Waals surface area contributed by atoms with E-state index in [-0.39, 0.29) is 30.3 Å². The first-order chi connectivity index (χ1) is 7.61. The molecule has 1 amide bonds. The zero-order chi connectivity index (χ0) is 12.0. The number of nitrogens with zero attached hydrogens (tertiary/aromatic N) is 2. The number of rotatable bonds is 6. The Bertz CT molecular complexity index is 313. The van der Waals surface area contributed by atoms with E-state index in [0.29, 0.717) is 6.54 Å². The number of hydrogen-bond donors (Lipinski definition) is 2. The normalized spacial score (nSPS) is 13.6. The molecule has 0 aliphatic carbocycles. The van der Waals surface area contributed by atoms with Gasteiger partial charge >= 0.3 is 0 Å². The van der Waals surface area contributed by atoms with E-state index >= 15 is 0 Å². The molecule has 1 heterocycles. The van der Waals surface area contributed by atoms with E-state index in [0.717, 1.165) is 13.0 Å². The maximum absolute atomic E-state index is 11.5. The van der Waals surface area contributed by atoms with Gasteiger partial charge in [0.05, 0.1) is 0 Å². The van der Waals surface area contributed by atoms with E-state index in [9.17, 15) is 4.79 Å². The average Bonchev–Trinajstić information content (AvgIpc) is 2.75. The summed E-state index contributed by atoms with van der Waals surface area (Å²) in [6.45, 7) is 5.16. The van der Waals surface area contributed by atoms with Gasteiger partial charge in [0.1, 0.15) is 0 Å². The third kappa shape index (κ3) is 5.70. The number of carbonyl (C=O) groups excluding carboxylic acids is 1. The molecular weight excluding hydrogens is 240 g/mol. The van der Waals surface area contributed by atoms with Crippen molar-refractivity contribution in [1.82, 2.24) is 15.1 Å². The second kappa shape index (κ2) is 8.08. The van der Waals surface area contributed by atoms with Crippen LogP contribution in [0.2, 0.25) is 0 Å². The van der Waals surface area contributed by atoms with Gasteiger partial charge in [-0.1, -0.05) is 6.92 Å². The Kier molecular flexibility index (Phi) is 7.58. The Hall–Kier alpha value is -1.07. The molecule has 0 aliphatic rings. The molecule has 0 aliphatic heterocycles. The van der Waals surface area contributed by atoms with Gasteiger partial charge in [0.25, 0.3) is 0 Å². The summed E-state index contributed by atoms with van der Waals surface area (Å²) in [4.78, 5) is 11.5. The van der Waals surface area contributed by atoms with Crippen molar-refractivity contribution in [3.63, 3.8) is 0 Å². The highest BCUT2D eigenvalue weighted by Gasteiger charge is 2.15. The lowest BCUT2D eigenvalue weighted by molar-refractivity contribution is -0.124. The average molecular weight is 261 g/mol. The molecule has 1 aromatic heterocycles. The summed E-state index contributed by atoms with van der Waals surface area (Å²) in [5.74, 6) is -0.111. The minimum absolute atomic E-state index is 0. The minimum atomic E-state index is -0.135. The summed E-state index contributed by atoms with van der Waals surface area (Å²) >= 11 is 0. The Balaban J connectivity index is 0.00000256. The van der Waals surface area contributed by atoms with Crippen molar-refractivity contribution < 1.29 is 4.79 Å². The fourth-order valence-electron chi connectivity index (χ4n) is 1.29. The number of nitrogens with two attached hydrogens (primary N) is 1. The van der Waals surface area contributed by atoms with Gasteiger partial charge in [-0.25, -0.2) is 0 Å². The second-order valence-corrected chi connectivity index (χ2v) is 4.06. The predicted octanol–water partition coefficient (Wildman–Crippen LogP) is 0.794. The van der Waals surface area contributed by atoms with E-state index in [1.54, 1.807) is 6.20 Å². The molecule has 5 nitrogen and oxygen atoms in total. The van der Waals surface area contributed by atoms with Gasteiger partial charge in [-0.3, -0.25) is 9.48 Å². The van der Waals surface area contributed by atoms with Gasteiger partial charge in [-0.2, -0.15) is 5.10 Å². The topological polar surface area (TPSA) is 72.9 Å². The molecule has 0 aromatic carbocycles. The first-order valence-electron chi connectivity index (χ1n) is 5.62. The maximum Gasteiger partial charge on any atom is 0.224 e. The molecule has 0 bridgehead atoms. The summed E-state index contributed by atoms with van der Waals surface area (Å²) in [6.07, 6.45) is 4.53. The largest absolute Gasteiger partial charge is 0.356 e. The van der Waals surface area contributed by atoms with Crippen molar-refractivity contribution in [1.29, 1.82) is 0 Å². The van der Waals surface area contributed by atoms with Gasteiger partial charge in [-0.05, 0) is 19.4 Å². The van der Waals surface area contributed by atoms with Gasteiger partial charge < -0.3 is 11.1 Å². The quantitative estimate of drug-likeness (QED) is 0.743. The van der Waals surface area contributed by atoms with Gasteiger partial charge in [0.2, 0.25) is 5.91 Å². The van der Waals surface area contributed by atoms with E-state index in [2.05, 4.69) is 10.4 Å². The van der Waals surface area contributed by atoms with Crippen LogP contribution in [-0.4, -0.2) is 28.3 Å². The standard InChI is InChI=1S/C11H20N4O.ClH/c1-9(10(2)12)11(16)13-5-3-7-15-8-4-6-14-15;/h4,6,8-10H,3,5,7,12H2,1-2H3,(H,13,16);1H. The molecule has 2 atom stereocenters. The number of carbonyl (C=O) groups is 1. The number of hydrogen-bond acceptors (Lipinski definition) is 3. The summed E-state index contributed by atoms with van der Waals surface area (Å²) < 4.78 is 1.85. The molecule has 3 N–H and O–H groups in total. The van der Waals surface area contributed by atoms with Gasteiger partial charge in [0, 0.05) is 37.4 Å². The number of amides is 1. The van der Waals surface area contributed by atoms with Crippen LogP contribution < -0.4 is 11.1 Å². The summed E-state index contributed by atoms with van der Waals surface area (Å²) in [5.41, 5.74) is 5.64. The van der Waals surface area contributed by atoms with Crippen molar-refractivity contribution in [3.05, 3.63) is 18.5 Å². The lowest BCUT2D eigenvalue weighted by atomic mass is 10.0. The van der Waals surface area contributed by atoms with E-state index in [4.69, 9.17) is 5.73 Å². The van der Waals surface area contributed by atoms with Crippen LogP contribution in [0.4, 0.5) is 0 Å². The van der Waals surface area contributed by atoms with E-state index < -0.39 is 0 Å². The van der Waals surface area contributed by atoms with Crippen LogP contribution in [0.5, 0.6) is 0 Å². The van der Waals surface area contributed by atoms with Crippen LogP contribution in [0.25, 0.3) is 0 Å². The number of aryl methyl sites for hydroxylation is 1. The van der Waals surface area contributed by atoms with Crippen LogP contribution in [0.3, 0.4) is 0 Å². The fourth-order valence-corrected chi connectivity index (χ4v) is 1.29. The van der Waals surface area contributed by atoms with Crippen molar-refractivity contribution in [2.45, 2.75) is 32.9 Å². The molecule has 2 unspecified atom stereocenters. The Labute approximate surface area is 108 Å². The third-order valence-corrected chi connectivity index (χ3v) is 2.62. The molecule has 0 radical (unpaired) electrons. The smallest absolute Gasteiger partial charge is 0.224 e. The van der Waals surface area contributed by atoms with E-state index in [1.165, 1.54) is 0 Å². The first-order valence-corrected chi connectivity index (χ1v) is 5.62. The fraction of sp³-hybridized carbons (Fsp3) is 0.636. The zero-order valence-electron chi connectivity index (χ0n) is 10.3. The highest BCUT2D eigenvalue weighted by atomic mass is 35.5. The number of nitrogens with one attached hydrogen (secondary N) is 1. The van der Waals surface area contributed by atoms with Crippen molar-refractivity contribution >= 4 is 18.3 Å². The molecule has 1 aromatic rings. The Morgan fingerprint density at radius 2 is 2.24 bits per heavy atom. The molecule has 0 saturated carbocycles. The highest BCUT2D eigenvalue weighted by Crippen LogP contribution is 1.99. The zero-order valence-corrected chi connectivity index (χ0v) is 11.1. The first kappa shape index (κ1) is 15.9. The lowest BCUT2D eigenvalue weighted by Crippen LogP contribution is -2.39. The number of aromatic nitrogens is 2. The molecule has 0 saturated heterocycles. The second-order valence-electron chi connectivity index (χ2n) is 4.06. The maximum atomic E-state index is 11.5. The lowest BCUT2D eigenvalue weighted by Gasteiger charge is -2.15. The molecule has 0 spiro atoms. The monoisotopic (exact) mass is 260 g/mol. The van der Waals surface area contributed by atoms with Crippen LogP contribution in [-0.2, 0) is 11.3 Å². The Morgan fingerprint density at radius 1 is 1.53 bits per heavy atom. The van der Waals surface area contributed by atoms with Crippen LogP contribution in [0.15, 0.2) is 18.5 Å². The van der Waals surface area contributed by atoms with Crippen molar-refractivity contribution in [2.24, 2.45) is 11.7 Å². The van der Waals surface area contributed by atoms with Crippen LogP contribution >= 0.6 is 12.4 Å². The Morgan fingerprint density at radius 3 is 2.76 bits per heavy atom. The SMILES string of the molecule is CC(N)C(C)C(=O)NCCCn1cccn1.Cl. The highest BCUT2D eigenvalue weighted by molar-refractivity contribution is 5.85. The molecule has 17 heavy (non-hydrogen) atoms. The van der Waals surface area contributed by atoms with Gasteiger partial charge in [-0.15, -0.1) is 12.4 Å². The summed E-state index contributed by atoms with van der Waals surface area (Å²) in [7, 11) is 0. The summed E-state index contributed by atoms with van der Waals surface area (Å²) in [5, 5.41) is 6.95. The van der Waals surface area contributed by atoms with Gasteiger partial charge in [0.15, 0.2) is 0 Å². The molecule has 1 rings (SSSR count). The van der Waals surface area contributed by atoms with Crippen LogP contribution in [0.1, 0.15) is 20.3 Å². The number of halogens is 1. The molecular formula is C11H21ClN4O.